The van der Waals surface area contributed by atoms with Crippen molar-refractivity contribution in [2.45, 2.75) is 64.3 Å². The molecule has 0 radical (unpaired) electrons. The van der Waals surface area contributed by atoms with Gasteiger partial charge in [0.2, 0.25) is 5.95 Å². The summed E-state index contributed by atoms with van der Waals surface area (Å²) in [7, 11) is 1.70. The summed E-state index contributed by atoms with van der Waals surface area (Å²) in [5.74, 6) is 1.75. The fraction of sp³-hybridized carbons (Fsp3) is 0.562. The number of nitrogens with one attached hydrogen (secondary N) is 1. The van der Waals surface area contributed by atoms with E-state index >= 15 is 0 Å². The largest absolute Gasteiger partial charge is 0.487 e. The number of ether oxygens (including phenoxy) is 4. The Kier molecular flexibility index (Phi) is 11.1. The molecule has 14 nitrogen and oxygen atoms in total. The zero-order valence-electron chi connectivity index (χ0n) is 27.2. The zero-order valence-corrected chi connectivity index (χ0v) is 27.9. The normalized spacial score (nSPS) is 20.1. The lowest BCUT2D eigenvalue weighted by molar-refractivity contribution is 0.00502. The van der Waals surface area contributed by atoms with Crippen molar-refractivity contribution in [2.24, 2.45) is 5.92 Å². The minimum Gasteiger partial charge on any atom is -0.487 e. The molecule has 47 heavy (non-hydrogen) atoms. The molecule has 2 fully saturated rings. The van der Waals surface area contributed by atoms with Crippen LogP contribution in [0.25, 0.3) is 11.1 Å². The van der Waals surface area contributed by atoms with Gasteiger partial charge in [0.05, 0.1) is 50.2 Å². The number of benzene rings is 1. The van der Waals surface area contributed by atoms with Gasteiger partial charge in [0.1, 0.15) is 23.9 Å². The summed E-state index contributed by atoms with van der Waals surface area (Å²) >= 11 is 6.46. The Hall–Kier alpha value is -3.85. The maximum atomic E-state index is 6.46. The van der Waals surface area contributed by atoms with Gasteiger partial charge >= 0.3 is 0 Å². The van der Waals surface area contributed by atoms with Crippen LogP contribution < -0.4 is 14.8 Å². The minimum absolute atomic E-state index is 0.205. The molecule has 15 heteroatoms. The summed E-state index contributed by atoms with van der Waals surface area (Å²) in [6.07, 6.45) is 11.3. The Morgan fingerprint density at radius 2 is 1.79 bits per heavy atom. The zero-order chi connectivity index (χ0) is 32.6. The van der Waals surface area contributed by atoms with Gasteiger partial charge in [-0.25, -0.2) is 14.6 Å². The topological polar surface area (TPSA) is 139 Å². The first-order valence-electron chi connectivity index (χ1n) is 16.2. The van der Waals surface area contributed by atoms with Crippen LogP contribution >= 0.6 is 11.6 Å². The molecule has 1 saturated carbocycles. The molecule has 4 aromatic rings. The van der Waals surface area contributed by atoms with E-state index in [0.717, 1.165) is 68.8 Å². The van der Waals surface area contributed by atoms with Gasteiger partial charge in [-0.3, -0.25) is 9.58 Å². The van der Waals surface area contributed by atoms with Crippen LogP contribution in [0.1, 0.15) is 45.6 Å². The Balaban J connectivity index is 1.13. The predicted molar refractivity (Wildman–Crippen MR) is 176 cm³/mol. The van der Waals surface area contributed by atoms with Gasteiger partial charge in [0.15, 0.2) is 0 Å². The van der Waals surface area contributed by atoms with Crippen LogP contribution in [0.2, 0.25) is 5.02 Å². The van der Waals surface area contributed by atoms with E-state index in [1.165, 1.54) is 0 Å². The number of halogens is 1. The number of nitrogens with zero attached hydrogens (tertiary/aromatic N) is 9. The van der Waals surface area contributed by atoms with Gasteiger partial charge in [0, 0.05) is 50.1 Å². The molecule has 1 aliphatic carbocycles. The van der Waals surface area contributed by atoms with Crippen LogP contribution in [0.3, 0.4) is 0 Å². The molecule has 252 valence electrons. The van der Waals surface area contributed by atoms with Crippen molar-refractivity contribution in [3.63, 3.8) is 0 Å². The molecule has 6 rings (SSSR count). The van der Waals surface area contributed by atoms with Gasteiger partial charge in [0.25, 0.3) is 5.88 Å². The van der Waals surface area contributed by atoms with E-state index in [2.05, 4.69) is 47.3 Å². The highest BCUT2D eigenvalue weighted by atomic mass is 35.5. The Labute approximate surface area is 279 Å². The molecule has 1 aliphatic heterocycles. The number of rotatable bonds is 14. The third kappa shape index (κ3) is 8.74. The molecule has 1 aromatic carbocycles. The summed E-state index contributed by atoms with van der Waals surface area (Å²) in [6.45, 7) is 9.31. The molecule has 1 N–H and O–H groups in total. The summed E-state index contributed by atoms with van der Waals surface area (Å²) in [5.41, 5.74) is 2.43. The lowest BCUT2D eigenvalue weighted by Crippen LogP contribution is -2.45. The molecule has 4 heterocycles. The van der Waals surface area contributed by atoms with Crippen LogP contribution in [0.5, 0.6) is 11.6 Å². The first-order valence-corrected chi connectivity index (χ1v) is 16.6. The number of hydrogen-bond acceptors (Lipinski definition) is 12. The van der Waals surface area contributed by atoms with Crippen LogP contribution in [0.4, 0.5) is 11.6 Å². The SMILES string of the molecule is COC[C@H](C)COc1nn(C2CCC(N3CCOCC3)CC2)cc1Nc1ncc(-c2ccc(Cl)c(O[C@@H](C)Cn3cnnn3)c2)cn1. The average Bonchev–Trinajstić information content (AvgIpc) is 3.76. The Morgan fingerprint density at radius 1 is 1.02 bits per heavy atom. The molecular weight excluding hydrogens is 624 g/mol. The first kappa shape index (κ1) is 33.1. The third-order valence-electron chi connectivity index (χ3n) is 8.58. The fourth-order valence-corrected chi connectivity index (χ4v) is 6.32. The highest BCUT2D eigenvalue weighted by Gasteiger charge is 2.29. The van der Waals surface area contributed by atoms with Gasteiger partial charge < -0.3 is 24.3 Å². The summed E-state index contributed by atoms with van der Waals surface area (Å²) in [5, 5.41) is 20.0. The molecule has 0 amide bonds. The highest BCUT2D eigenvalue weighted by Crippen LogP contribution is 2.35. The van der Waals surface area contributed by atoms with E-state index in [-0.39, 0.29) is 12.0 Å². The first-order chi connectivity index (χ1) is 22.9. The minimum atomic E-state index is -0.205. The number of tetrazole rings is 1. The monoisotopic (exact) mass is 666 g/mol. The average molecular weight is 667 g/mol. The second-order valence-electron chi connectivity index (χ2n) is 12.3. The van der Waals surface area contributed by atoms with Crippen molar-refractivity contribution in [3.05, 3.63) is 48.1 Å². The maximum absolute atomic E-state index is 6.46. The number of hydrogen-bond donors (Lipinski definition) is 1. The molecular formula is C32H43ClN10O4. The summed E-state index contributed by atoms with van der Waals surface area (Å²) in [4.78, 5) is 11.8. The maximum Gasteiger partial charge on any atom is 0.256 e. The summed E-state index contributed by atoms with van der Waals surface area (Å²) in [6, 6.07) is 6.53. The van der Waals surface area contributed by atoms with E-state index < -0.39 is 0 Å². The van der Waals surface area contributed by atoms with Gasteiger partial charge in [-0.1, -0.05) is 24.6 Å². The van der Waals surface area contributed by atoms with E-state index in [9.17, 15) is 0 Å². The third-order valence-corrected chi connectivity index (χ3v) is 8.90. The number of anilines is 2. The van der Waals surface area contributed by atoms with Crippen LogP contribution in [-0.4, -0.2) is 104 Å². The van der Waals surface area contributed by atoms with E-state index in [1.54, 1.807) is 36.6 Å². The van der Waals surface area contributed by atoms with E-state index in [0.29, 0.717) is 54.4 Å². The van der Waals surface area contributed by atoms with E-state index in [1.807, 2.05) is 25.3 Å². The van der Waals surface area contributed by atoms with Gasteiger partial charge in [-0.15, -0.1) is 10.2 Å². The van der Waals surface area contributed by atoms with Crippen molar-refractivity contribution in [3.8, 4) is 22.8 Å². The highest BCUT2D eigenvalue weighted by molar-refractivity contribution is 6.32. The lowest BCUT2D eigenvalue weighted by atomic mass is 9.90. The van der Waals surface area contributed by atoms with Crippen LogP contribution in [0.15, 0.2) is 43.1 Å². The lowest BCUT2D eigenvalue weighted by Gasteiger charge is -2.38. The fourth-order valence-electron chi connectivity index (χ4n) is 6.16. The smallest absolute Gasteiger partial charge is 0.256 e. The van der Waals surface area contributed by atoms with Crippen molar-refractivity contribution in [2.75, 3.05) is 51.9 Å². The standard InChI is InChI=1S/C32H43ClN10O4/c1-22(19-44-3)20-46-31-29(18-43(38-31)27-7-5-26(6-8-27)41-10-12-45-13-11-41)37-32-34-15-25(16-35-32)24-4-9-28(33)30(14-24)47-23(2)17-42-21-36-39-40-42/h4,9,14-16,18,21-23,26-27H,5-8,10-13,17,19-20H2,1-3H3,(H,34,35,37)/t22-,23-,26?,27?/m0/s1. The van der Waals surface area contributed by atoms with Gasteiger partial charge in [-0.05, 0) is 60.7 Å². The van der Waals surface area contributed by atoms with Crippen molar-refractivity contribution in [1.29, 1.82) is 0 Å². The quantitative estimate of drug-likeness (QED) is 0.200. The Bertz CT molecular complexity index is 1540. The summed E-state index contributed by atoms with van der Waals surface area (Å²) < 4.78 is 26.8. The second-order valence-corrected chi connectivity index (χ2v) is 12.7. The molecule has 0 spiro atoms. The molecule has 2 atom stereocenters. The van der Waals surface area contributed by atoms with Crippen molar-refractivity contribution >= 4 is 23.2 Å². The van der Waals surface area contributed by atoms with Gasteiger partial charge in [-0.2, -0.15) is 0 Å². The molecule has 0 bridgehead atoms. The number of aromatic nitrogens is 8. The molecule has 2 aliphatic rings. The predicted octanol–water partition coefficient (Wildman–Crippen LogP) is 4.67. The van der Waals surface area contributed by atoms with Crippen molar-refractivity contribution in [1.82, 2.24) is 44.9 Å². The number of methoxy groups -OCH3 is 1. The molecule has 1 saturated heterocycles. The van der Waals surface area contributed by atoms with E-state index in [4.69, 9.17) is 35.6 Å². The second kappa shape index (κ2) is 15.8. The molecule has 3 aromatic heterocycles. The Morgan fingerprint density at radius 3 is 2.51 bits per heavy atom. The number of morpholine rings is 1. The van der Waals surface area contributed by atoms with Crippen LogP contribution in [0, 0.1) is 5.92 Å². The molecule has 0 unspecified atom stereocenters. The van der Waals surface area contributed by atoms with Crippen LogP contribution in [-0.2, 0) is 16.0 Å². The van der Waals surface area contributed by atoms with Crippen molar-refractivity contribution < 1.29 is 18.9 Å².